The number of benzene rings is 4. The van der Waals surface area contributed by atoms with Crippen molar-refractivity contribution < 1.29 is 22.8 Å². The second-order valence-corrected chi connectivity index (χ2v) is 12.9. The van der Waals surface area contributed by atoms with Gasteiger partial charge in [0.2, 0.25) is 0 Å². The van der Waals surface area contributed by atoms with Crippen molar-refractivity contribution in [3.05, 3.63) is 95.6 Å². The third-order valence-electron chi connectivity index (χ3n) is 6.41. The van der Waals surface area contributed by atoms with E-state index in [2.05, 4.69) is 92.7 Å². The number of fused-ring (bicyclic) bond motifs is 7. The van der Waals surface area contributed by atoms with E-state index in [0.717, 1.165) is 12.8 Å². The fourth-order valence-electron chi connectivity index (χ4n) is 5.15. The standard InChI is InChI=1S/C26H17.C3H6.Zr/c1-2-6-17(5-1)20-12-9-19-11-14-22-15-21-13-10-18-7-3-4-8-23(18)25(21)26(22)24(19)16-20;1-3-2;/h1-5,7-14H,6,15H2;1-2H3;. The van der Waals surface area contributed by atoms with Gasteiger partial charge in [0.1, 0.15) is 0 Å². The van der Waals surface area contributed by atoms with Gasteiger partial charge in [-0.25, -0.2) is 0 Å². The number of hydrogen-bond donors (Lipinski definition) is 0. The molecule has 0 heterocycles. The van der Waals surface area contributed by atoms with E-state index in [1.54, 1.807) is 11.9 Å². The van der Waals surface area contributed by atoms with Crippen LogP contribution in [0.1, 0.15) is 37.0 Å². The number of hydrogen-bond acceptors (Lipinski definition) is 0. The van der Waals surface area contributed by atoms with E-state index in [-0.39, 0.29) is 0 Å². The molecule has 0 saturated heterocycles. The summed E-state index contributed by atoms with van der Waals surface area (Å²) >= 11 is -0.822. The molecular weight excluding hydrogens is 440 g/mol. The average Bonchev–Trinajstić information content (AvgIpc) is 3.41. The summed E-state index contributed by atoms with van der Waals surface area (Å²) in [6.07, 6.45) is 8.94. The Hall–Kier alpha value is -2.37. The Labute approximate surface area is 189 Å². The van der Waals surface area contributed by atoms with Gasteiger partial charge in [-0.1, -0.05) is 0 Å². The van der Waals surface area contributed by atoms with Gasteiger partial charge in [-0.15, -0.1) is 0 Å². The molecule has 0 atom stereocenters. The predicted molar refractivity (Wildman–Crippen MR) is 127 cm³/mol. The first kappa shape index (κ1) is 18.4. The predicted octanol–water partition coefficient (Wildman–Crippen LogP) is 6.83. The summed E-state index contributed by atoms with van der Waals surface area (Å²) in [5.74, 6) is 0. The fourth-order valence-corrected chi connectivity index (χ4v) is 8.28. The van der Waals surface area contributed by atoms with Crippen LogP contribution in [-0.2, 0) is 29.2 Å². The first-order valence-corrected chi connectivity index (χ1v) is 13.2. The van der Waals surface area contributed by atoms with E-state index in [1.165, 1.54) is 49.5 Å². The van der Waals surface area contributed by atoms with Crippen molar-refractivity contribution >= 4 is 33.6 Å². The van der Waals surface area contributed by atoms with Crippen LogP contribution in [0.4, 0.5) is 0 Å². The molecule has 0 aliphatic heterocycles. The molecule has 0 spiro atoms. The Morgan fingerprint density at radius 1 is 0.800 bits per heavy atom. The summed E-state index contributed by atoms with van der Waals surface area (Å²) < 4.78 is 3.30. The SMILES string of the molecule is C[C](C)=[Zr][c]1c(C2=CC=CC2)ccc2ccc3c(c12)-c1c(ccc2ccccc12)C3. The van der Waals surface area contributed by atoms with Crippen molar-refractivity contribution in [1.29, 1.82) is 0 Å². The average molecular weight is 463 g/mol. The molecule has 0 N–H and O–H groups in total. The van der Waals surface area contributed by atoms with Gasteiger partial charge in [0.05, 0.1) is 0 Å². The molecule has 0 amide bonds. The van der Waals surface area contributed by atoms with Crippen LogP contribution in [0.2, 0.25) is 0 Å². The zero-order chi connectivity index (χ0) is 20.2. The third-order valence-corrected chi connectivity index (χ3v) is 9.53. The van der Waals surface area contributed by atoms with Gasteiger partial charge in [0.25, 0.3) is 0 Å². The molecular formula is C29H23Zr. The Morgan fingerprint density at radius 2 is 1.57 bits per heavy atom. The van der Waals surface area contributed by atoms with Crippen LogP contribution in [0, 0.1) is 0 Å². The van der Waals surface area contributed by atoms with Crippen molar-refractivity contribution in [1.82, 2.24) is 0 Å². The normalized spacial score (nSPS) is 14.0. The molecule has 2 aliphatic carbocycles. The van der Waals surface area contributed by atoms with Gasteiger partial charge in [-0.3, -0.25) is 0 Å². The molecule has 30 heavy (non-hydrogen) atoms. The van der Waals surface area contributed by atoms with Crippen molar-refractivity contribution in [2.24, 2.45) is 0 Å². The second-order valence-electron chi connectivity index (χ2n) is 8.63. The molecule has 2 aliphatic rings. The van der Waals surface area contributed by atoms with Gasteiger partial charge >= 0.3 is 190 Å². The fraction of sp³-hybridized carbons (Fsp3) is 0.138. The van der Waals surface area contributed by atoms with Crippen LogP contribution in [-0.4, -0.2) is 3.21 Å². The minimum atomic E-state index is -0.822. The molecule has 0 nitrogen and oxygen atoms in total. The molecule has 0 saturated carbocycles. The van der Waals surface area contributed by atoms with E-state index in [1.807, 2.05) is 0 Å². The van der Waals surface area contributed by atoms with Gasteiger partial charge in [-0.2, -0.15) is 0 Å². The van der Waals surface area contributed by atoms with Crippen molar-refractivity contribution in [3.63, 3.8) is 0 Å². The molecule has 6 rings (SSSR count). The van der Waals surface area contributed by atoms with E-state index in [4.69, 9.17) is 0 Å². The zero-order valence-corrected chi connectivity index (χ0v) is 19.9. The Bertz CT molecular complexity index is 1440. The Morgan fingerprint density at radius 3 is 2.37 bits per heavy atom. The number of rotatable bonds is 2. The van der Waals surface area contributed by atoms with E-state index < -0.39 is 22.8 Å². The van der Waals surface area contributed by atoms with Crippen LogP contribution in [0.3, 0.4) is 0 Å². The maximum atomic E-state index is 2.39. The molecule has 0 radical (unpaired) electrons. The second kappa shape index (κ2) is 7.10. The van der Waals surface area contributed by atoms with Gasteiger partial charge in [0, 0.05) is 0 Å². The molecule has 0 unspecified atom stereocenters. The summed E-state index contributed by atoms with van der Waals surface area (Å²) in [7, 11) is 0. The Balaban J connectivity index is 1.78. The summed E-state index contributed by atoms with van der Waals surface area (Å²) in [6, 6.07) is 23.0. The third kappa shape index (κ3) is 2.79. The van der Waals surface area contributed by atoms with Crippen molar-refractivity contribution in [3.8, 4) is 11.1 Å². The summed E-state index contributed by atoms with van der Waals surface area (Å²) in [4.78, 5) is 0. The van der Waals surface area contributed by atoms with Crippen LogP contribution >= 0.6 is 0 Å². The molecule has 143 valence electrons. The zero-order valence-electron chi connectivity index (χ0n) is 17.4. The summed E-state index contributed by atoms with van der Waals surface area (Å²) in [5.41, 5.74) is 8.98. The number of allylic oxidation sites excluding steroid dienone is 4. The first-order valence-electron chi connectivity index (χ1n) is 10.7. The van der Waals surface area contributed by atoms with Gasteiger partial charge < -0.3 is 0 Å². The minimum absolute atomic E-state index is 0.822. The van der Waals surface area contributed by atoms with Crippen LogP contribution in [0.15, 0.2) is 78.9 Å². The molecule has 4 aromatic carbocycles. The van der Waals surface area contributed by atoms with E-state index >= 15 is 0 Å². The van der Waals surface area contributed by atoms with Crippen LogP contribution < -0.4 is 3.27 Å². The van der Waals surface area contributed by atoms with Crippen molar-refractivity contribution in [2.75, 3.05) is 0 Å². The monoisotopic (exact) mass is 461 g/mol. The van der Waals surface area contributed by atoms with E-state index in [9.17, 15) is 0 Å². The van der Waals surface area contributed by atoms with Crippen LogP contribution in [0.5, 0.6) is 0 Å². The van der Waals surface area contributed by atoms with Crippen molar-refractivity contribution in [2.45, 2.75) is 26.7 Å². The quantitative estimate of drug-likeness (QED) is 0.270. The molecule has 4 aromatic rings. The first-order chi connectivity index (χ1) is 14.7. The van der Waals surface area contributed by atoms with Crippen LogP contribution in [0.25, 0.3) is 38.2 Å². The van der Waals surface area contributed by atoms with Gasteiger partial charge in [-0.05, 0) is 0 Å². The molecule has 1 heteroatoms. The molecule has 0 bridgehead atoms. The topological polar surface area (TPSA) is 0 Å². The molecule has 0 aromatic heterocycles. The maximum absolute atomic E-state index is 2.39. The Kier molecular flexibility index (Phi) is 4.36. The summed E-state index contributed by atoms with van der Waals surface area (Å²) in [6.45, 7) is 4.67. The summed E-state index contributed by atoms with van der Waals surface area (Å²) in [5, 5.41) is 5.70. The molecule has 0 fully saturated rings. The van der Waals surface area contributed by atoms with Gasteiger partial charge in [0.15, 0.2) is 0 Å². The van der Waals surface area contributed by atoms with E-state index in [0.29, 0.717) is 0 Å².